The van der Waals surface area contributed by atoms with E-state index in [9.17, 15) is 0 Å². The highest BCUT2D eigenvalue weighted by Gasteiger charge is 2.15. The summed E-state index contributed by atoms with van der Waals surface area (Å²) in [4.78, 5) is 4.37. The molecule has 0 spiro atoms. The molecule has 23 heavy (non-hydrogen) atoms. The zero-order valence-electron chi connectivity index (χ0n) is 14.0. The minimum absolute atomic E-state index is 0.130. The van der Waals surface area contributed by atoms with Gasteiger partial charge in [0.1, 0.15) is 5.82 Å². The number of nitrogens with zero attached hydrogens (tertiary/aromatic N) is 1. The number of anilines is 1. The van der Waals surface area contributed by atoms with Crippen molar-refractivity contribution in [2.45, 2.75) is 32.4 Å². The van der Waals surface area contributed by atoms with Crippen molar-refractivity contribution >= 4 is 5.82 Å². The molecule has 1 N–H and O–H groups in total. The Bertz CT molecular complexity index is 641. The maximum atomic E-state index is 5.60. The first-order valence-corrected chi connectivity index (χ1v) is 8.05. The van der Waals surface area contributed by atoms with E-state index in [1.165, 1.54) is 11.1 Å². The molecule has 2 heterocycles. The first-order chi connectivity index (χ1) is 11.0. The predicted molar refractivity (Wildman–Crippen MR) is 92.6 cm³/mol. The van der Waals surface area contributed by atoms with Gasteiger partial charge in [0.05, 0.1) is 19.8 Å². The van der Waals surface area contributed by atoms with Crippen LogP contribution in [0.5, 0.6) is 0 Å². The lowest BCUT2D eigenvalue weighted by Crippen LogP contribution is -2.35. The Labute approximate surface area is 137 Å². The van der Waals surface area contributed by atoms with Crippen LogP contribution < -0.4 is 5.32 Å². The van der Waals surface area contributed by atoms with Gasteiger partial charge < -0.3 is 14.8 Å². The fourth-order valence-electron chi connectivity index (χ4n) is 2.59. The van der Waals surface area contributed by atoms with Crippen LogP contribution in [0.4, 0.5) is 5.82 Å². The number of pyridine rings is 1. The standard InChI is InChI=1S/C19H24N2O2/c1-19(2,3)16-6-4-14(5-7-16)15-8-9-20-17(12-15)21-18-13-22-10-11-23-18/h4-9,12,18H,10-11,13H2,1-3H3,(H,20,21). The van der Waals surface area contributed by atoms with Gasteiger partial charge in [-0.2, -0.15) is 0 Å². The second-order valence-electron chi connectivity index (χ2n) is 6.84. The van der Waals surface area contributed by atoms with Crippen LogP contribution in [0.3, 0.4) is 0 Å². The molecule has 0 bridgehead atoms. The van der Waals surface area contributed by atoms with Crippen LogP contribution in [-0.4, -0.2) is 31.0 Å². The van der Waals surface area contributed by atoms with Crippen molar-refractivity contribution in [2.75, 3.05) is 25.1 Å². The Morgan fingerprint density at radius 2 is 1.83 bits per heavy atom. The van der Waals surface area contributed by atoms with Gasteiger partial charge in [0, 0.05) is 6.20 Å². The van der Waals surface area contributed by atoms with Crippen molar-refractivity contribution in [1.29, 1.82) is 0 Å². The zero-order valence-corrected chi connectivity index (χ0v) is 14.0. The Morgan fingerprint density at radius 3 is 2.48 bits per heavy atom. The van der Waals surface area contributed by atoms with Crippen LogP contribution in [0.25, 0.3) is 11.1 Å². The highest BCUT2D eigenvalue weighted by molar-refractivity contribution is 5.66. The monoisotopic (exact) mass is 312 g/mol. The number of nitrogens with one attached hydrogen (secondary N) is 1. The van der Waals surface area contributed by atoms with Gasteiger partial charge >= 0.3 is 0 Å². The molecule has 4 nitrogen and oxygen atoms in total. The third kappa shape index (κ3) is 4.09. The van der Waals surface area contributed by atoms with Crippen LogP contribution in [0, 0.1) is 0 Å². The molecular formula is C19H24N2O2. The topological polar surface area (TPSA) is 43.4 Å². The normalized spacial score (nSPS) is 18.7. The van der Waals surface area contributed by atoms with E-state index in [1.807, 2.05) is 18.3 Å². The maximum absolute atomic E-state index is 5.60. The molecule has 3 rings (SSSR count). The van der Waals surface area contributed by atoms with Gasteiger partial charge in [-0.25, -0.2) is 4.98 Å². The van der Waals surface area contributed by atoms with Crippen molar-refractivity contribution in [3.05, 3.63) is 48.2 Å². The van der Waals surface area contributed by atoms with E-state index in [-0.39, 0.29) is 11.6 Å². The summed E-state index contributed by atoms with van der Waals surface area (Å²) in [7, 11) is 0. The van der Waals surface area contributed by atoms with E-state index in [4.69, 9.17) is 9.47 Å². The first-order valence-electron chi connectivity index (χ1n) is 8.05. The number of aromatic nitrogens is 1. The Balaban J connectivity index is 1.76. The lowest BCUT2D eigenvalue weighted by molar-refractivity contribution is -0.0758. The minimum atomic E-state index is -0.130. The second-order valence-corrected chi connectivity index (χ2v) is 6.84. The van der Waals surface area contributed by atoms with E-state index in [1.54, 1.807) is 0 Å². The average molecular weight is 312 g/mol. The molecule has 122 valence electrons. The Morgan fingerprint density at radius 1 is 1.04 bits per heavy atom. The number of benzene rings is 1. The van der Waals surface area contributed by atoms with Gasteiger partial charge in [0.25, 0.3) is 0 Å². The van der Waals surface area contributed by atoms with Crippen LogP contribution in [0.1, 0.15) is 26.3 Å². The molecule has 0 radical (unpaired) electrons. The minimum Gasteiger partial charge on any atom is -0.374 e. The molecule has 1 aromatic carbocycles. The van der Waals surface area contributed by atoms with E-state index >= 15 is 0 Å². The van der Waals surface area contributed by atoms with E-state index in [2.05, 4.69) is 55.3 Å². The molecule has 0 saturated carbocycles. The molecule has 1 aromatic heterocycles. The van der Waals surface area contributed by atoms with Gasteiger partial charge in [-0.15, -0.1) is 0 Å². The summed E-state index contributed by atoms with van der Waals surface area (Å²) >= 11 is 0. The molecule has 4 heteroatoms. The molecular weight excluding hydrogens is 288 g/mol. The maximum Gasteiger partial charge on any atom is 0.152 e. The second kappa shape index (κ2) is 6.69. The van der Waals surface area contributed by atoms with Crippen molar-refractivity contribution < 1.29 is 9.47 Å². The molecule has 1 unspecified atom stereocenters. The van der Waals surface area contributed by atoms with E-state index in [0.717, 1.165) is 11.4 Å². The smallest absolute Gasteiger partial charge is 0.152 e. The number of ether oxygens (including phenoxy) is 2. The van der Waals surface area contributed by atoms with Crippen LogP contribution >= 0.6 is 0 Å². The van der Waals surface area contributed by atoms with Crippen LogP contribution in [-0.2, 0) is 14.9 Å². The van der Waals surface area contributed by atoms with E-state index < -0.39 is 0 Å². The van der Waals surface area contributed by atoms with Crippen LogP contribution in [0.2, 0.25) is 0 Å². The van der Waals surface area contributed by atoms with Gasteiger partial charge in [-0.05, 0) is 34.2 Å². The van der Waals surface area contributed by atoms with Gasteiger partial charge in [0.15, 0.2) is 6.23 Å². The highest BCUT2D eigenvalue weighted by atomic mass is 16.6. The molecule has 1 aliphatic rings. The van der Waals surface area contributed by atoms with E-state index in [0.29, 0.717) is 19.8 Å². The first kappa shape index (κ1) is 16.0. The molecule has 1 atom stereocenters. The van der Waals surface area contributed by atoms with Gasteiger partial charge in [0.2, 0.25) is 0 Å². The summed E-state index contributed by atoms with van der Waals surface area (Å²) < 4.78 is 11.0. The van der Waals surface area contributed by atoms with Gasteiger partial charge in [-0.1, -0.05) is 45.0 Å². The molecule has 1 aliphatic heterocycles. The number of hydrogen-bond donors (Lipinski definition) is 1. The number of rotatable bonds is 3. The quantitative estimate of drug-likeness (QED) is 0.935. The Hall–Kier alpha value is -1.91. The van der Waals surface area contributed by atoms with Crippen molar-refractivity contribution in [3.63, 3.8) is 0 Å². The summed E-state index contributed by atoms with van der Waals surface area (Å²) in [5, 5.41) is 3.27. The zero-order chi connectivity index (χ0) is 16.3. The molecule has 0 amide bonds. The van der Waals surface area contributed by atoms with Crippen molar-refractivity contribution in [1.82, 2.24) is 4.98 Å². The largest absolute Gasteiger partial charge is 0.374 e. The summed E-state index contributed by atoms with van der Waals surface area (Å²) in [5.74, 6) is 0.804. The summed E-state index contributed by atoms with van der Waals surface area (Å²) in [5.41, 5.74) is 3.83. The van der Waals surface area contributed by atoms with Gasteiger partial charge in [-0.3, -0.25) is 0 Å². The molecule has 0 aliphatic carbocycles. The van der Waals surface area contributed by atoms with Crippen molar-refractivity contribution in [2.24, 2.45) is 0 Å². The van der Waals surface area contributed by atoms with Crippen molar-refractivity contribution in [3.8, 4) is 11.1 Å². The number of hydrogen-bond acceptors (Lipinski definition) is 4. The molecule has 1 saturated heterocycles. The molecule has 2 aromatic rings. The lowest BCUT2D eigenvalue weighted by Gasteiger charge is -2.24. The fourth-order valence-corrected chi connectivity index (χ4v) is 2.59. The summed E-state index contributed by atoms with van der Waals surface area (Å²) in [6.07, 6.45) is 1.69. The third-order valence-electron chi connectivity index (χ3n) is 3.97. The third-order valence-corrected chi connectivity index (χ3v) is 3.97. The fraction of sp³-hybridized carbons (Fsp3) is 0.421. The Kier molecular flexibility index (Phi) is 4.64. The summed E-state index contributed by atoms with van der Waals surface area (Å²) in [6, 6.07) is 12.8. The predicted octanol–water partition coefficient (Wildman–Crippen LogP) is 3.83. The lowest BCUT2D eigenvalue weighted by atomic mass is 9.86. The SMILES string of the molecule is CC(C)(C)c1ccc(-c2ccnc(NC3COCCO3)c2)cc1. The highest BCUT2D eigenvalue weighted by Crippen LogP contribution is 2.27. The van der Waals surface area contributed by atoms with Crippen LogP contribution in [0.15, 0.2) is 42.6 Å². The average Bonchev–Trinajstić information content (AvgIpc) is 2.55. The summed E-state index contributed by atoms with van der Waals surface area (Å²) in [6.45, 7) is 8.50. The molecule has 1 fully saturated rings.